The van der Waals surface area contributed by atoms with Crippen LogP contribution < -0.4 is 10.1 Å². The first-order valence-electron chi connectivity index (χ1n) is 10.5. The number of alkyl halides is 3. The van der Waals surface area contributed by atoms with Gasteiger partial charge in [0.05, 0.1) is 10.8 Å². The van der Waals surface area contributed by atoms with Gasteiger partial charge in [-0.05, 0) is 76.2 Å². The summed E-state index contributed by atoms with van der Waals surface area (Å²) in [5.74, 6) is 0.260. The highest BCUT2D eigenvalue weighted by atomic mass is 32.2. The summed E-state index contributed by atoms with van der Waals surface area (Å²) in [7, 11) is 0. The Hall–Kier alpha value is -3.08. The fourth-order valence-corrected chi connectivity index (χ4v) is 4.09. The average molecular weight is 497 g/mol. The number of amides is 1. The quantitative estimate of drug-likeness (QED) is 0.294. The molecule has 34 heavy (non-hydrogen) atoms. The molecule has 0 aliphatic carbocycles. The lowest BCUT2D eigenvalue weighted by Crippen LogP contribution is -2.23. The third kappa shape index (κ3) is 6.28. The van der Waals surface area contributed by atoms with Crippen molar-refractivity contribution in [3.05, 3.63) is 65.7 Å². The van der Waals surface area contributed by atoms with Crippen LogP contribution in [-0.4, -0.2) is 25.9 Å². The Morgan fingerprint density at radius 2 is 1.62 bits per heavy atom. The number of hydrogen-bond acceptors (Lipinski definition) is 5. The molecule has 2 aromatic carbocycles. The van der Waals surface area contributed by atoms with Gasteiger partial charge in [0, 0.05) is 11.7 Å². The third-order valence-corrected chi connectivity index (χ3v) is 5.89. The number of thioether (sulfide) groups is 1. The van der Waals surface area contributed by atoms with Gasteiger partial charge in [-0.3, -0.25) is 4.79 Å². The van der Waals surface area contributed by atoms with E-state index in [4.69, 9.17) is 4.74 Å². The van der Waals surface area contributed by atoms with Crippen molar-refractivity contribution in [2.45, 2.75) is 56.4 Å². The molecule has 0 radical (unpaired) electrons. The number of nitrogens with one attached hydrogen (secondary N) is 1. The number of rotatable bonds is 8. The molecule has 1 heterocycles. The monoisotopic (exact) mass is 496 g/mol. The minimum absolute atomic E-state index is 0.0445. The molecular weight excluding hydrogens is 472 g/mol. The Kier molecular flexibility index (Phi) is 7.86. The molecule has 0 spiro atoms. The van der Waals surface area contributed by atoms with Gasteiger partial charge < -0.3 is 14.6 Å². The standard InChI is InChI=1S/C23H24F4N4O2S/c1-13(2)31-20(14(3)33-19-11-7-17(24)8-12-19)29-30-22(31)34-15(4)21(32)28-18-9-5-16(6-10-18)23(25,26)27/h5-15H,1-4H3,(H,28,32). The number of halogens is 4. The van der Waals surface area contributed by atoms with E-state index in [0.717, 1.165) is 12.1 Å². The summed E-state index contributed by atoms with van der Waals surface area (Å²) in [6.45, 7) is 7.34. The molecule has 3 rings (SSSR count). The smallest absolute Gasteiger partial charge is 0.416 e. The molecular formula is C23H24F4N4O2S. The van der Waals surface area contributed by atoms with Gasteiger partial charge in [0.15, 0.2) is 17.1 Å². The molecule has 0 saturated carbocycles. The second-order valence-electron chi connectivity index (χ2n) is 7.84. The average Bonchev–Trinajstić information content (AvgIpc) is 3.19. The maximum Gasteiger partial charge on any atom is 0.416 e. The lowest BCUT2D eigenvalue weighted by molar-refractivity contribution is -0.137. The summed E-state index contributed by atoms with van der Waals surface area (Å²) < 4.78 is 59.0. The minimum atomic E-state index is -4.44. The highest BCUT2D eigenvalue weighted by molar-refractivity contribution is 8.00. The van der Waals surface area contributed by atoms with E-state index in [9.17, 15) is 22.4 Å². The number of aromatic nitrogens is 3. The van der Waals surface area contributed by atoms with Crippen molar-refractivity contribution in [1.29, 1.82) is 0 Å². The van der Waals surface area contributed by atoms with Crippen molar-refractivity contribution < 1.29 is 27.1 Å². The predicted octanol–water partition coefficient (Wildman–Crippen LogP) is 6.28. The molecule has 0 bridgehead atoms. The molecule has 0 aliphatic heterocycles. The minimum Gasteiger partial charge on any atom is -0.483 e. The fraction of sp³-hybridized carbons (Fsp3) is 0.348. The van der Waals surface area contributed by atoms with Gasteiger partial charge in [-0.2, -0.15) is 13.2 Å². The van der Waals surface area contributed by atoms with Gasteiger partial charge in [0.1, 0.15) is 11.6 Å². The number of nitrogens with zero attached hydrogens (tertiary/aromatic N) is 3. The number of benzene rings is 2. The van der Waals surface area contributed by atoms with Gasteiger partial charge in [-0.15, -0.1) is 10.2 Å². The van der Waals surface area contributed by atoms with Crippen LogP contribution in [0.2, 0.25) is 0 Å². The second kappa shape index (κ2) is 10.5. The van der Waals surface area contributed by atoms with E-state index in [2.05, 4.69) is 15.5 Å². The fourth-order valence-electron chi connectivity index (χ4n) is 3.10. The number of hydrogen-bond donors (Lipinski definition) is 1. The molecule has 6 nitrogen and oxygen atoms in total. The van der Waals surface area contributed by atoms with Crippen LogP contribution in [0.5, 0.6) is 5.75 Å². The predicted molar refractivity (Wildman–Crippen MR) is 121 cm³/mol. The van der Waals surface area contributed by atoms with Crippen LogP contribution in [0.15, 0.2) is 53.7 Å². The summed E-state index contributed by atoms with van der Waals surface area (Å²) in [5.41, 5.74) is -0.528. The Labute approximate surface area is 198 Å². The maximum absolute atomic E-state index is 13.1. The van der Waals surface area contributed by atoms with Crippen molar-refractivity contribution >= 4 is 23.4 Å². The van der Waals surface area contributed by atoms with E-state index in [0.29, 0.717) is 16.7 Å². The topological polar surface area (TPSA) is 69.0 Å². The SMILES string of the molecule is CC(Sc1nnc(C(C)Oc2ccc(F)cc2)n1C(C)C)C(=O)Nc1ccc(C(F)(F)F)cc1. The molecule has 0 fully saturated rings. The largest absolute Gasteiger partial charge is 0.483 e. The highest BCUT2D eigenvalue weighted by Crippen LogP contribution is 2.31. The molecule has 11 heteroatoms. The number of carbonyl (C=O) groups excluding carboxylic acids is 1. The highest BCUT2D eigenvalue weighted by Gasteiger charge is 2.30. The van der Waals surface area contributed by atoms with Crippen molar-refractivity contribution in [1.82, 2.24) is 14.8 Å². The lowest BCUT2D eigenvalue weighted by Gasteiger charge is -2.19. The molecule has 0 aliphatic rings. The zero-order valence-electron chi connectivity index (χ0n) is 18.9. The summed E-state index contributed by atoms with van der Waals surface area (Å²) in [6.07, 6.45) is -4.94. The normalized spacial score (nSPS) is 13.6. The molecule has 182 valence electrons. The summed E-state index contributed by atoms with van der Waals surface area (Å²) in [4.78, 5) is 12.6. The van der Waals surface area contributed by atoms with Crippen molar-refractivity contribution in [3.63, 3.8) is 0 Å². The zero-order chi connectivity index (χ0) is 25.0. The maximum atomic E-state index is 13.1. The van der Waals surface area contributed by atoms with Crippen molar-refractivity contribution in [2.24, 2.45) is 0 Å². The van der Waals surface area contributed by atoms with E-state index in [1.54, 1.807) is 13.8 Å². The zero-order valence-corrected chi connectivity index (χ0v) is 19.7. The van der Waals surface area contributed by atoms with Gasteiger partial charge >= 0.3 is 6.18 Å². The first kappa shape index (κ1) is 25.5. The Morgan fingerprint density at radius 3 is 2.18 bits per heavy atom. The number of carbonyl (C=O) groups is 1. The van der Waals surface area contributed by atoms with Gasteiger partial charge in [0.2, 0.25) is 5.91 Å². The number of anilines is 1. The molecule has 1 N–H and O–H groups in total. The molecule has 0 saturated heterocycles. The van der Waals surface area contributed by atoms with Crippen LogP contribution in [0, 0.1) is 5.82 Å². The van der Waals surface area contributed by atoms with Crippen LogP contribution >= 0.6 is 11.8 Å². The molecule has 2 unspecified atom stereocenters. The Morgan fingerprint density at radius 1 is 1.00 bits per heavy atom. The van der Waals surface area contributed by atoms with Crippen LogP contribution in [0.1, 0.15) is 51.2 Å². The van der Waals surface area contributed by atoms with Crippen LogP contribution in [0.25, 0.3) is 0 Å². The summed E-state index contributed by atoms with van der Waals surface area (Å²) >= 11 is 1.17. The Balaban J connectivity index is 1.70. The number of ether oxygens (including phenoxy) is 1. The molecule has 2 atom stereocenters. The molecule has 1 aromatic heterocycles. The molecule has 1 amide bonds. The summed E-state index contributed by atoms with van der Waals surface area (Å²) in [5, 5.41) is 11.0. The third-order valence-electron chi connectivity index (χ3n) is 4.83. The second-order valence-corrected chi connectivity index (χ2v) is 9.15. The van der Waals surface area contributed by atoms with Crippen LogP contribution in [-0.2, 0) is 11.0 Å². The van der Waals surface area contributed by atoms with Crippen molar-refractivity contribution in [3.8, 4) is 5.75 Å². The first-order chi connectivity index (χ1) is 16.0. The van der Waals surface area contributed by atoms with E-state index < -0.39 is 23.1 Å². The van der Waals surface area contributed by atoms with E-state index >= 15 is 0 Å². The van der Waals surface area contributed by atoms with E-state index in [-0.39, 0.29) is 23.5 Å². The van der Waals surface area contributed by atoms with Gasteiger partial charge in [0.25, 0.3) is 0 Å². The van der Waals surface area contributed by atoms with Gasteiger partial charge in [-0.25, -0.2) is 4.39 Å². The molecule has 3 aromatic rings. The first-order valence-corrected chi connectivity index (χ1v) is 11.4. The summed E-state index contributed by atoms with van der Waals surface area (Å²) in [6, 6.07) is 9.84. The lowest BCUT2D eigenvalue weighted by atomic mass is 10.2. The Bertz CT molecular complexity index is 1120. The van der Waals surface area contributed by atoms with Crippen LogP contribution in [0.3, 0.4) is 0 Å². The van der Waals surface area contributed by atoms with Crippen molar-refractivity contribution in [2.75, 3.05) is 5.32 Å². The van der Waals surface area contributed by atoms with E-state index in [1.165, 1.54) is 48.2 Å². The van der Waals surface area contributed by atoms with Crippen LogP contribution in [0.4, 0.5) is 23.2 Å². The van der Waals surface area contributed by atoms with E-state index in [1.807, 2.05) is 18.4 Å². The van der Waals surface area contributed by atoms with Gasteiger partial charge in [-0.1, -0.05) is 11.8 Å².